The lowest BCUT2D eigenvalue weighted by molar-refractivity contribution is 0.0953. The van der Waals surface area contributed by atoms with E-state index in [0.717, 1.165) is 26.4 Å². The number of ether oxygens (including phenoxy) is 2. The van der Waals surface area contributed by atoms with Crippen molar-refractivity contribution >= 4 is 0 Å². The summed E-state index contributed by atoms with van der Waals surface area (Å²) in [5, 5.41) is 0. The van der Waals surface area contributed by atoms with Crippen LogP contribution in [0, 0.1) is 0 Å². The number of hydrogen-bond donors (Lipinski definition) is 0. The number of hydrogen-bond acceptors (Lipinski definition) is 3. The van der Waals surface area contributed by atoms with Gasteiger partial charge in [0.2, 0.25) is 0 Å². The summed E-state index contributed by atoms with van der Waals surface area (Å²) >= 11 is 0. The third kappa shape index (κ3) is 1.39. The van der Waals surface area contributed by atoms with E-state index in [2.05, 4.69) is 4.90 Å². The standard InChI is InChI=1S/C10H17NO2/c1-2-10(3-5-12-8-10)11(4-1)6-9-7-13-9/h9H,1-8H2/t9-,10?/m1/s1. The quantitative estimate of drug-likeness (QED) is 0.587. The van der Waals surface area contributed by atoms with Crippen LogP contribution >= 0.6 is 0 Å². The van der Waals surface area contributed by atoms with Gasteiger partial charge in [0.25, 0.3) is 0 Å². The third-order valence-corrected chi connectivity index (χ3v) is 3.65. The van der Waals surface area contributed by atoms with Gasteiger partial charge in [0.1, 0.15) is 0 Å². The van der Waals surface area contributed by atoms with Gasteiger partial charge in [-0.05, 0) is 25.8 Å². The number of likely N-dealkylation sites (tertiary alicyclic amines) is 1. The van der Waals surface area contributed by atoms with E-state index in [1.165, 1.54) is 25.8 Å². The van der Waals surface area contributed by atoms with Crippen LogP contribution in [0.5, 0.6) is 0 Å². The minimum Gasteiger partial charge on any atom is -0.379 e. The third-order valence-electron chi connectivity index (χ3n) is 3.65. The van der Waals surface area contributed by atoms with Gasteiger partial charge in [-0.2, -0.15) is 0 Å². The zero-order valence-electron chi connectivity index (χ0n) is 8.00. The van der Waals surface area contributed by atoms with Crippen molar-refractivity contribution in [2.45, 2.75) is 30.9 Å². The molecule has 3 heteroatoms. The van der Waals surface area contributed by atoms with E-state index in [0.29, 0.717) is 11.6 Å². The number of rotatable bonds is 2. The fourth-order valence-corrected chi connectivity index (χ4v) is 2.74. The van der Waals surface area contributed by atoms with Gasteiger partial charge < -0.3 is 9.47 Å². The molecule has 3 rings (SSSR count). The lowest BCUT2D eigenvalue weighted by Crippen LogP contribution is -2.46. The second kappa shape index (κ2) is 2.94. The summed E-state index contributed by atoms with van der Waals surface area (Å²) in [4.78, 5) is 2.61. The average Bonchev–Trinajstić information content (AvgIpc) is 2.71. The molecule has 0 amide bonds. The minimum atomic E-state index is 0.409. The van der Waals surface area contributed by atoms with Gasteiger partial charge >= 0.3 is 0 Å². The first-order valence-electron chi connectivity index (χ1n) is 5.33. The Hall–Kier alpha value is -0.120. The van der Waals surface area contributed by atoms with Gasteiger partial charge in [-0.1, -0.05) is 0 Å². The Morgan fingerprint density at radius 3 is 3.00 bits per heavy atom. The Labute approximate surface area is 79.0 Å². The van der Waals surface area contributed by atoms with Crippen LogP contribution in [0.4, 0.5) is 0 Å². The van der Waals surface area contributed by atoms with Crippen LogP contribution in [0.1, 0.15) is 19.3 Å². The fraction of sp³-hybridized carbons (Fsp3) is 1.00. The lowest BCUT2D eigenvalue weighted by atomic mass is 9.95. The van der Waals surface area contributed by atoms with E-state index in [9.17, 15) is 0 Å². The Morgan fingerprint density at radius 1 is 1.38 bits per heavy atom. The Balaban J connectivity index is 1.69. The van der Waals surface area contributed by atoms with Gasteiger partial charge in [0.05, 0.1) is 19.3 Å². The summed E-state index contributed by atoms with van der Waals surface area (Å²) in [6, 6.07) is 0. The summed E-state index contributed by atoms with van der Waals surface area (Å²) in [5.74, 6) is 0. The molecular formula is C10H17NO2. The molecule has 3 aliphatic heterocycles. The largest absolute Gasteiger partial charge is 0.379 e. The van der Waals surface area contributed by atoms with E-state index < -0.39 is 0 Å². The monoisotopic (exact) mass is 183 g/mol. The van der Waals surface area contributed by atoms with Crippen molar-refractivity contribution in [1.29, 1.82) is 0 Å². The summed E-state index contributed by atoms with van der Waals surface area (Å²) in [5.41, 5.74) is 0.409. The Bertz CT molecular complexity index is 192. The van der Waals surface area contributed by atoms with E-state index in [1.54, 1.807) is 0 Å². The molecule has 0 aromatic rings. The van der Waals surface area contributed by atoms with E-state index in [4.69, 9.17) is 9.47 Å². The van der Waals surface area contributed by atoms with Gasteiger partial charge in [-0.25, -0.2) is 0 Å². The molecule has 3 aliphatic rings. The zero-order valence-corrected chi connectivity index (χ0v) is 8.00. The molecule has 3 heterocycles. The minimum absolute atomic E-state index is 0.409. The topological polar surface area (TPSA) is 25.0 Å². The molecule has 0 saturated carbocycles. The maximum absolute atomic E-state index is 5.53. The van der Waals surface area contributed by atoms with Crippen molar-refractivity contribution in [2.24, 2.45) is 0 Å². The zero-order chi connectivity index (χ0) is 8.73. The van der Waals surface area contributed by atoms with E-state index in [-0.39, 0.29) is 0 Å². The molecule has 1 spiro atoms. The number of nitrogens with zero attached hydrogens (tertiary/aromatic N) is 1. The normalized spacial score (nSPS) is 44.8. The predicted octanol–water partition coefficient (Wildman–Crippen LogP) is 0.640. The van der Waals surface area contributed by atoms with Crippen LogP contribution in [0.2, 0.25) is 0 Å². The first kappa shape index (κ1) is 8.21. The summed E-state index contributed by atoms with van der Waals surface area (Å²) in [7, 11) is 0. The van der Waals surface area contributed by atoms with E-state index in [1.807, 2.05) is 0 Å². The molecular weight excluding hydrogens is 166 g/mol. The molecule has 0 radical (unpaired) electrons. The molecule has 3 saturated heterocycles. The summed E-state index contributed by atoms with van der Waals surface area (Å²) in [6.07, 6.45) is 4.45. The summed E-state index contributed by atoms with van der Waals surface area (Å²) in [6.45, 7) is 5.29. The molecule has 0 aliphatic carbocycles. The van der Waals surface area contributed by atoms with Crippen molar-refractivity contribution in [3.63, 3.8) is 0 Å². The van der Waals surface area contributed by atoms with Gasteiger partial charge in [-0.3, -0.25) is 4.90 Å². The van der Waals surface area contributed by atoms with Crippen LogP contribution < -0.4 is 0 Å². The van der Waals surface area contributed by atoms with Crippen LogP contribution in [0.25, 0.3) is 0 Å². The Morgan fingerprint density at radius 2 is 2.31 bits per heavy atom. The molecule has 1 unspecified atom stereocenters. The highest BCUT2D eigenvalue weighted by Gasteiger charge is 2.45. The van der Waals surface area contributed by atoms with Gasteiger partial charge in [0.15, 0.2) is 0 Å². The molecule has 74 valence electrons. The highest BCUT2D eigenvalue weighted by Crippen LogP contribution is 2.37. The fourth-order valence-electron chi connectivity index (χ4n) is 2.74. The van der Waals surface area contributed by atoms with Crippen molar-refractivity contribution in [3.8, 4) is 0 Å². The van der Waals surface area contributed by atoms with Crippen LogP contribution in [-0.4, -0.2) is 49.5 Å². The Kier molecular flexibility index (Phi) is 1.86. The first-order valence-corrected chi connectivity index (χ1v) is 5.33. The van der Waals surface area contributed by atoms with Crippen molar-refractivity contribution in [2.75, 3.05) is 32.9 Å². The second-order valence-electron chi connectivity index (χ2n) is 4.53. The number of epoxide rings is 1. The molecule has 3 nitrogen and oxygen atoms in total. The van der Waals surface area contributed by atoms with Gasteiger partial charge in [0, 0.05) is 18.7 Å². The first-order chi connectivity index (χ1) is 6.39. The second-order valence-corrected chi connectivity index (χ2v) is 4.53. The molecule has 0 bridgehead atoms. The van der Waals surface area contributed by atoms with Gasteiger partial charge in [-0.15, -0.1) is 0 Å². The molecule has 13 heavy (non-hydrogen) atoms. The molecule has 0 aromatic carbocycles. The molecule has 0 aromatic heterocycles. The van der Waals surface area contributed by atoms with Crippen LogP contribution in [0.3, 0.4) is 0 Å². The molecule has 3 fully saturated rings. The SMILES string of the molecule is C1CN(C[C@@H]2CO2)C2(C1)CCOC2. The van der Waals surface area contributed by atoms with Crippen LogP contribution in [0.15, 0.2) is 0 Å². The lowest BCUT2D eigenvalue weighted by Gasteiger charge is -2.33. The highest BCUT2D eigenvalue weighted by molar-refractivity contribution is 4.99. The molecule has 0 N–H and O–H groups in total. The summed E-state index contributed by atoms with van der Waals surface area (Å²) < 4.78 is 10.8. The van der Waals surface area contributed by atoms with Crippen molar-refractivity contribution in [1.82, 2.24) is 4.90 Å². The maximum atomic E-state index is 5.53. The van der Waals surface area contributed by atoms with Crippen LogP contribution in [-0.2, 0) is 9.47 Å². The predicted molar refractivity (Wildman–Crippen MR) is 48.7 cm³/mol. The van der Waals surface area contributed by atoms with Crippen molar-refractivity contribution < 1.29 is 9.47 Å². The smallest absolute Gasteiger partial charge is 0.0936 e. The van der Waals surface area contributed by atoms with Crippen molar-refractivity contribution in [3.05, 3.63) is 0 Å². The average molecular weight is 183 g/mol. The highest BCUT2D eigenvalue weighted by atomic mass is 16.6. The van der Waals surface area contributed by atoms with E-state index >= 15 is 0 Å². The molecule has 2 atom stereocenters. The maximum Gasteiger partial charge on any atom is 0.0936 e.